The Balaban J connectivity index is 2.08. The Morgan fingerprint density at radius 2 is 1.57 bits per heavy atom. The summed E-state index contributed by atoms with van der Waals surface area (Å²) in [5, 5.41) is 3.45. The highest BCUT2D eigenvalue weighted by Crippen LogP contribution is 2.33. The lowest BCUT2D eigenvalue weighted by Crippen LogP contribution is -2.52. The maximum absolute atomic E-state index is 14.2. The number of carbonyl (C=O) groups excluding carboxylic acids is 2. The van der Waals surface area contributed by atoms with Crippen LogP contribution in [-0.2, 0) is 26.2 Å². The number of para-hydroxylation sites is 2. The summed E-state index contributed by atoms with van der Waals surface area (Å²) in [5.41, 5.74) is 0.928. The fraction of sp³-hybridized carbons (Fsp3) is 0.355. The SMILES string of the molecule is CC[C@@H](C(=O)NCC(C)C)N(Cc1ccc(Cl)cc1)C(=O)CN(c1ccccc1OC)S(=O)(=O)c1ccc(OC)cc1. The van der Waals surface area contributed by atoms with Gasteiger partial charge in [0, 0.05) is 18.1 Å². The Kier molecular flexibility index (Phi) is 11.6. The third kappa shape index (κ3) is 8.17. The number of hydrogen-bond donors (Lipinski definition) is 1. The van der Waals surface area contributed by atoms with E-state index >= 15 is 0 Å². The van der Waals surface area contributed by atoms with Crippen LogP contribution in [0.1, 0.15) is 32.8 Å². The monoisotopic (exact) mass is 615 g/mol. The van der Waals surface area contributed by atoms with Crippen molar-refractivity contribution in [1.82, 2.24) is 10.2 Å². The highest BCUT2D eigenvalue weighted by molar-refractivity contribution is 7.92. The molecule has 0 spiro atoms. The Bertz CT molecular complexity index is 1450. The van der Waals surface area contributed by atoms with Crippen LogP contribution < -0.4 is 19.1 Å². The smallest absolute Gasteiger partial charge is 0.264 e. The molecule has 1 N–H and O–H groups in total. The lowest BCUT2D eigenvalue weighted by atomic mass is 10.1. The minimum Gasteiger partial charge on any atom is -0.497 e. The van der Waals surface area contributed by atoms with Crippen LogP contribution in [0.2, 0.25) is 5.02 Å². The minimum atomic E-state index is -4.26. The molecule has 226 valence electrons. The summed E-state index contributed by atoms with van der Waals surface area (Å²) < 4.78 is 39.8. The van der Waals surface area contributed by atoms with Crippen molar-refractivity contribution in [3.05, 3.63) is 83.4 Å². The predicted molar refractivity (Wildman–Crippen MR) is 164 cm³/mol. The van der Waals surface area contributed by atoms with E-state index in [9.17, 15) is 18.0 Å². The van der Waals surface area contributed by atoms with Gasteiger partial charge in [-0.25, -0.2) is 8.42 Å². The molecule has 0 aliphatic rings. The number of hydrogen-bond acceptors (Lipinski definition) is 6. The standard InChI is InChI=1S/C31H38ClN3O6S/c1-6-27(31(37)33-19-22(2)3)34(20-23-11-13-24(32)14-12-23)30(36)21-35(28-9-7-8-10-29(28)41-5)42(38,39)26-17-15-25(40-4)16-18-26/h7-18,22,27H,6,19-21H2,1-5H3,(H,33,37)/t27-/m0/s1. The molecule has 0 heterocycles. The molecular formula is C31H38ClN3O6S. The molecule has 0 saturated heterocycles. The van der Waals surface area contributed by atoms with Gasteiger partial charge in [0.1, 0.15) is 24.1 Å². The largest absolute Gasteiger partial charge is 0.497 e. The van der Waals surface area contributed by atoms with E-state index in [1.165, 1.54) is 43.4 Å². The van der Waals surface area contributed by atoms with Crippen molar-refractivity contribution in [2.45, 2.75) is 44.7 Å². The lowest BCUT2D eigenvalue weighted by Gasteiger charge is -2.33. The molecule has 0 radical (unpaired) electrons. The summed E-state index contributed by atoms with van der Waals surface area (Å²) in [6, 6.07) is 18.6. The number of halogens is 1. The molecule has 0 aromatic heterocycles. The zero-order valence-electron chi connectivity index (χ0n) is 24.5. The van der Waals surface area contributed by atoms with Gasteiger partial charge < -0.3 is 19.7 Å². The Morgan fingerprint density at radius 3 is 2.14 bits per heavy atom. The molecule has 11 heteroatoms. The summed E-state index contributed by atoms with van der Waals surface area (Å²) >= 11 is 6.08. The molecule has 42 heavy (non-hydrogen) atoms. The van der Waals surface area contributed by atoms with Crippen molar-refractivity contribution in [1.29, 1.82) is 0 Å². The molecule has 0 aliphatic heterocycles. The first-order valence-corrected chi connectivity index (χ1v) is 15.4. The van der Waals surface area contributed by atoms with Crippen molar-refractivity contribution in [3.8, 4) is 11.5 Å². The van der Waals surface area contributed by atoms with Gasteiger partial charge in [-0.1, -0.05) is 56.6 Å². The number of amides is 2. The van der Waals surface area contributed by atoms with Crippen molar-refractivity contribution >= 4 is 39.1 Å². The summed E-state index contributed by atoms with van der Waals surface area (Å²) in [7, 11) is -1.35. The number of carbonyl (C=O) groups is 2. The zero-order valence-corrected chi connectivity index (χ0v) is 26.1. The van der Waals surface area contributed by atoms with Gasteiger partial charge in [0.2, 0.25) is 11.8 Å². The van der Waals surface area contributed by atoms with E-state index < -0.39 is 28.5 Å². The first-order valence-electron chi connectivity index (χ1n) is 13.6. The number of sulfonamides is 1. The number of anilines is 1. The lowest BCUT2D eigenvalue weighted by molar-refractivity contribution is -0.140. The van der Waals surface area contributed by atoms with Crippen LogP contribution in [-0.4, -0.2) is 58.5 Å². The molecule has 0 saturated carbocycles. The average Bonchev–Trinajstić information content (AvgIpc) is 2.99. The highest BCUT2D eigenvalue weighted by Gasteiger charge is 2.34. The Morgan fingerprint density at radius 1 is 0.929 bits per heavy atom. The van der Waals surface area contributed by atoms with Crippen molar-refractivity contribution in [3.63, 3.8) is 0 Å². The summed E-state index contributed by atoms with van der Waals surface area (Å²) in [4.78, 5) is 28.9. The van der Waals surface area contributed by atoms with Crippen molar-refractivity contribution in [2.75, 3.05) is 31.6 Å². The van der Waals surface area contributed by atoms with E-state index in [-0.39, 0.29) is 34.7 Å². The third-order valence-electron chi connectivity index (χ3n) is 6.62. The van der Waals surface area contributed by atoms with Gasteiger partial charge in [0.15, 0.2) is 0 Å². The van der Waals surface area contributed by atoms with Crippen molar-refractivity contribution in [2.24, 2.45) is 5.92 Å². The molecule has 3 rings (SSSR count). The van der Waals surface area contributed by atoms with Crippen LogP contribution >= 0.6 is 11.6 Å². The quantitative estimate of drug-likeness (QED) is 0.270. The summed E-state index contributed by atoms with van der Waals surface area (Å²) in [6.07, 6.45) is 0.323. The van der Waals surface area contributed by atoms with E-state index in [0.717, 1.165) is 9.87 Å². The molecule has 3 aromatic carbocycles. The van der Waals surface area contributed by atoms with E-state index in [0.29, 0.717) is 23.7 Å². The van der Waals surface area contributed by atoms with E-state index in [1.54, 1.807) is 48.5 Å². The second kappa shape index (κ2) is 14.9. The van der Waals surface area contributed by atoms with Crippen LogP contribution in [0.25, 0.3) is 0 Å². The molecule has 1 atom stereocenters. The molecular weight excluding hydrogens is 578 g/mol. The minimum absolute atomic E-state index is 0.0343. The van der Waals surface area contributed by atoms with Gasteiger partial charge in [-0.3, -0.25) is 13.9 Å². The number of benzene rings is 3. The van der Waals surface area contributed by atoms with Gasteiger partial charge in [-0.05, 0) is 66.4 Å². The van der Waals surface area contributed by atoms with Crippen LogP contribution in [0.15, 0.2) is 77.7 Å². The summed E-state index contributed by atoms with van der Waals surface area (Å²) in [6.45, 7) is 5.72. The fourth-order valence-corrected chi connectivity index (χ4v) is 5.90. The molecule has 0 fully saturated rings. The van der Waals surface area contributed by atoms with Crippen LogP contribution in [0.5, 0.6) is 11.5 Å². The van der Waals surface area contributed by atoms with Gasteiger partial charge in [-0.15, -0.1) is 0 Å². The first kappa shape index (κ1) is 32.8. The van der Waals surface area contributed by atoms with Crippen LogP contribution in [0.3, 0.4) is 0 Å². The second-order valence-electron chi connectivity index (χ2n) is 10.1. The first-order chi connectivity index (χ1) is 20.0. The van der Waals surface area contributed by atoms with Gasteiger partial charge in [0.05, 0.1) is 24.8 Å². The number of methoxy groups -OCH3 is 2. The number of nitrogens with one attached hydrogen (secondary N) is 1. The van der Waals surface area contributed by atoms with Gasteiger partial charge >= 0.3 is 0 Å². The van der Waals surface area contributed by atoms with Gasteiger partial charge in [0.25, 0.3) is 10.0 Å². The molecule has 0 unspecified atom stereocenters. The zero-order chi connectivity index (χ0) is 30.9. The van der Waals surface area contributed by atoms with E-state index in [4.69, 9.17) is 21.1 Å². The maximum atomic E-state index is 14.2. The topological polar surface area (TPSA) is 105 Å². The number of ether oxygens (including phenoxy) is 2. The van der Waals surface area contributed by atoms with Crippen molar-refractivity contribution < 1.29 is 27.5 Å². The Hall–Kier alpha value is -3.76. The summed E-state index contributed by atoms with van der Waals surface area (Å²) in [5.74, 6) is 0.104. The molecule has 2 amide bonds. The third-order valence-corrected chi connectivity index (χ3v) is 8.64. The number of rotatable bonds is 14. The molecule has 0 aliphatic carbocycles. The maximum Gasteiger partial charge on any atom is 0.264 e. The normalized spacial score (nSPS) is 12.0. The second-order valence-corrected chi connectivity index (χ2v) is 12.4. The van der Waals surface area contributed by atoms with Gasteiger partial charge in [-0.2, -0.15) is 0 Å². The van der Waals surface area contributed by atoms with Crippen LogP contribution in [0.4, 0.5) is 5.69 Å². The molecule has 9 nitrogen and oxygen atoms in total. The number of nitrogens with zero attached hydrogens (tertiary/aromatic N) is 2. The highest BCUT2D eigenvalue weighted by atomic mass is 35.5. The Labute approximate surface area is 253 Å². The predicted octanol–water partition coefficient (Wildman–Crippen LogP) is 5.13. The fourth-order valence-electron chi connectivity index (χ4n) is 4.35. The van der Waals surface area contributed by atoms with Crippen LogP contribution in [0, 0.1) is 5.92 Å². The molecule has 3 aromatic rings. The molecule has 0 bridgehead atoms. The van der Waals surface area contributed by atoms with E-state index in [2.05, 4.69) is 5.32 Å². The average molecular weight is 616 g/mol. The van der Waals surface area contributed by atoms with E-state index in [1.807, 2.05) is 20.8 Å².